The molecule has 2 N–H and O–H groups in total. The van der Waals surface area contributed by atoms with Crippen molar-refractivity contribution in [2.75, 3.05) is 25.1 Å². The zero-order chi connectivity index (χ0) is 17.0. The Hall–Kier alpha value is -1.66. The summed E-state index contributed by atoms with van der Waals surface area (Å²) in [6, 6.07) is 4.03. The molecule has 23 heavy (non-hydrogen) atoms. The molecule has 0 bridgehead atoms. The van der Waals surface area contributed by atoms with Crippen molar-refractivity contribution in [1.82, 2.24) is 5.32 Å². The second-order valence-electron chi connectivity index (χ2n) is 6.05. The Bertz CT molecular complexity index is 545. The third-order valence-electron chi connectivity index (χ3n) is 4.32. The Morgan fingerprint density at radius 1 is 1.39 bits per heavy atom. The molecule has 1 aromatic carbocycles. The predicted octanol–water partition coefficient (Wildman–Crippen LogP) is 2.00. The van der Waals surface area contributed by atoms with Crippen LogP contribution in [0.25, 0.3) is 0 Å². The Balaban J connectivity index is 2.19. The molecule has 128 valence electrons. The molecule has 0 saturated carbocycles. The van der Waals surface area contributed by atoms with E-state index in [4.69, 9.17) is 4.74 Å². The van der Waals surface area contributed by atoms with E-state index in [-0.39, 0.29) is 23.9 Å². The number of halogens is 1. The molecule has 2 atom stereocenters. The van der Waals surface area contributed by atoms with Gasteiger partial charge in [-0.05, 0) is 50.5 Å². The average molecular weight is 324 g/mol. The number of nitrogens with one attached hydrogen (secondary N) is 1. The number of benzene rings is 1. The Labute approximate surface area is 136 Å². The van der Waals surface area contributed by atoms with Crippen LogP contribution in [-0.2, 0) is 9.53 Å². The zero-order valence-corrected chi connectivity index (χ0v) is 13.9. The molecular weight excluding hydrogens is 299 g/mol. The number of aliphatic hydroxyl groups is 1. The number of hydrogen-bond donors (Lipinski definition) is 2. The van der Waals surface area contributed by atoms with Crippen LogP contribution in [0.15, 0.2) is 18.2 Å². The van der Waals surface area contributed by atoms with E-state index in [1.807, 2.05) is 6.92 Å². The average Bonchev–Trinajstić information content (AvgIpc) is 2.54. The number of carbonyl (C=O) groups excluding carboxylic acids is 1. The van der Waals surface area contributed by atoms with Crippen molar-refractivity contribution < 1.29 is 19.0 Å². The molecule has 0 aliphatic carbocycles. The molecule has 1 fully saturated rings. The van der Waals surface area contributed by atoms with Crippen LogP contribution >= 0.6 is 0 Å². The highest BCUT2D eigenvalue weighted by Gasteiger charge is 2.23. The number of esters is 1. The summed E-state index contributed by atoms with van der Waals surface area (Å²) < 4.78 is 18.4. The van der Waals surface area contributed by atoms with Gasteiger partial charge in [-0.3, -0.25) is 10.1 Å². The van der Waals surface area contributed by atoms with Crippen molar-refractivity contribution >= 4 is 11.7 Å². The summed E-state index contributed by atoms with van der Waals surface area (Å²) in [6.45, 7) is 5.09. The molecule has 2 unspecified atom stereocenters. The lowest BCUT2D eigenvalue weighted by Crippen LogP contribution is -2.39. The zero-order valence-electron chi connectivity index (χ0n) is 13.9. The van der Waals surface area contributed by atoms with Gasteiger partial charge in [0.15, 0.2) is 0 Å². The first-order valence-corrected chi connectivity index (χ1v) is 7.98. The maximum absolute atomic E-state index is 13.7. The number of methoxy groups -OCH3 is 1. The van der Waals surface area contributed by atoms with Gasteiger partial charge in [0.2, 0.25) is 0 Å². The summed E-state index contributed by atoms with van der Waals surface area (Å²) >= 11 is 0. The first kappa shape index (κ1) is 17.7. The van der Waals surface area contributed by atoms with E-state index >= 15 is 0 Å². The monoisotopic (exact) mass is 324 g/mol. The maximum atomic E-state index is 13.7. The van der Waals surface area contributed by atoms with Gasteiger partial charge in [0.05, 0.1) is 13.2 Å². The number of nitrogens with zero attached hydrogens (tertiary/aromatic N) is 1. The van der Waals surface area contributed by atoms with E-state index in [0.717, 1.165) is 24.3 Å². The first-order chi connectivity index (χ1) is 10.9. The van der Waals surface area contributed by atoms with Gasteiger partial charge in [-0.2, -0.15) is 0 Å². The van der Waals surface area contributed by atoms with E-state index in [1.165, 1.54) is 19.2 Å². The second kappa shape index (κ2) is 7.75. The largest absolute Gasteiger partial charge is 0.468 e. The normalized spacial score (nSPS) is 18.6. The Morgan fingerprint density at radius 3 is 2.65 bits per heavy atom. The molecule has 2 rings (SSSR count). The predicted molar refractivity (Wildman–Crippen MR) is 86.9 cm³/mol. The van der Waals surface area contributed by atoms with Gasteiger partial charge < -0.3 is 14.7 Å². The topological polar surface area (TPSA) is 61.8 Å². The third-order valence-corrected chi connectivity index (χ3v) is 4.32. The van der Waals surface area contributed by atoms with E-state index in [9.17, 15) is 14.3 Å². The van der Waals surface area contributed by atoms with Gasteiger partial charge in [-0.15, -0.1) is 0 Å². The highest BCUT2D eigenvalue weighted by atomic mass is 19.1. The van der Waals surface area contributed by atoms with E-state index in [2.05, 4.69) is 10.2 Å². The molecule has 5 nitrogen and oxygen atoms in total. The molecule has 6 heteroatoms. The molecule has 0 aromatic heterocycles. The maximum Gasteiger partial charge on any atom is 0.322 e. The molecular formula is C17H25FN2O3. The number of anilines is 1. The lowest BCUT2D eigenvalue weighted by molar-refractivity contribution is -0.142. The number of hydrogen-bond acceptors (Lipinski definition) is 5. The Morgan fingerprint density at radius 2 is 2.04 bits per heavy atom. The summed E-state index contributed by atoms with van der Waals surface area (Å²) in [5.41, 5.74) is 1.74. The second-order valence-corrected chi connectivity index (χ2v) is 6.05. The van der Waals surface area contributed by atoms with Crippen LogP contribution < -0.4 is 10.2 Å². The summed E-state index contributed by atoms with van der Waals surface area (Å²) in [4.78, 5) is 13.7. The number of carbonyl (C=O) groups is 1. The highest BCUT2D eigenvalue weighted by molar-refractivity contribution is 5.75. The standard InChI is InChI=1S/C17H25FN2O3/c1-11(19-12(2)17(22)23-3)15-10-13(18)4-5-16(15)20-8-6-14(21)7-9-20/h4-5,10-12,14,19,21H,6-9H2,1-3H3. The lowest BCUT2D eigenvalue weighted by Gasteiger charge is -2.34. The van der Waals surface area contributed by atoms with Crippen molar-refractivity contribution in [1.29, 1.82) is 0 Å². The molecule has 0 amide bonds. The molecule has 0 radical (unpaired) electrons. The van der Waals surface area contributed by atoms with Crippen LogP contribution in [0.4, 0.5) is 10.1 Å². The lowest BCUT2D eigenvalue weighted by atomic mass is 10.0. The van der Waals surface area contributed by atoms with E-state index in [1.54, 1.807) is 13.0 Å². The highest BCUT2D eigenvalue weighted by Crippen LogP contribution is 2.30. The van der Waals surface area contributed by atoms with Crippen molar-refractivity contribution in [3.8, 4) is 0 Å². The van der Waals surface area contributed by atoms with Crippen LogP contribution in [0, 0.1) is 5.82 Å². The fraction of sp³-hybridized carbons (Fsp3) is 0.588. The van der Waals surface area contributed by atoms with Crippen molar-refractivity contribution in [3.63, 3.8) is 0 Å². The van der Waals surface area contributed by atoms with Gasteiger partial charge in [0.25, 0.3) is 0 Å². The van der Waals surface area contributed by atoms with Crippen LogP contribution in [0.2, 0.25) is 0 Å². The van der Waals surface area contributed by atoms with Gasteiger partial charge in [-0.25, -0.2) is 4.39 Å². The number of ether oxygens (including phenoxy) is 1. The smallest absolute Gasteiger partial charge is 0.322 e. The number of rotatable bonds is 5. The molecule has 1 saturated heterocycles. The van der Waals surface area contributed by atoms with Crippen LogP contribution in [0.3, 0.4) is 0 Å². The quantitative estimate of drug-likeness (QED) is 0.811. The minimum Gasteiger partial charge on any atom is -0.468 e. The van der Waals surface area contributed by atoms with Crippen LogP contribution in [0.5, 0.6) is 0 Å². The first-order valence-electron chi connectivity index (χ1n) is 7.98. The molecule has 1 aliphatic rings. The minimum atomic E-state index is -0.478. The van der Waals surface area contributed by atoms with Crippen LogP contribution in [-0.4, -0.2) is 43.4 Å². The Kier molecular flexibility index (Phi) is 5.96. The number of piperidine rings is 1. The van der Waals surface area contributed by atoms with Crippen molar-refractivity contribution in [2.45, 2.75) is 44.9 Å². The third kappa shape index (κ3) is 4.42. The molecule has 1 heterocycles. The summed E-state index contributed by atoms with van der Waals surface area (Å²) in [5, 5.41) is 12.8. The minimum absolute atomic E-state index is 0.207. The fourth-order valence-electron chi connectivity index (χ4n) is 2.98. The SMILES string of the molecule is COC(=O)C(C)NC(C)c1cc(F)ccc1N1CCC(O)CC1. The van der Waals surface area contributed by atoms with Crippen LogP contribution in [0.1, 0.15) is 38.3 Å². The van der Waals surface area contributed by atoms with E-state index < -0.39 is 6.04 Å². The van der Waals surface area contributed by atoms with Gasteiger partial charge in [-0.1, -0.05) is 0 Å². The van der Waals surface area contributed by atoms with Gasteiger partial charge in [0.1, 0.15) is 11.9 Å². The summed E-state index contributed by atoms with van der Waals surface area (Å²) in [6.07, 6.45) is 1.15. The molecule has 1 aromatic rings. The van der Waals surface area contributed by atoms with Crippen molar-refractivity contribution in [2.24, 2.45) is 0 Å². The molecule has 0 spiro atoms. The summed E-state index contributed by atoms with van der Waals surface area (Å²) in [7, 11) is 1.35. The van der Waals surface area contributed by atoms with E-state index in [0.29, 0.717) is 12.8 Å². The van der Waals surface area contributed by atoms with Gasteiger partial charge >= 0.3 is 5.97 Å². The number of aliphatic hydroxyl groups excluding tert-OH is 1. The fourth-order valence-corrected chi connectivity index (χ4v) is 2.98. The molecule has 1 aliphatic heterocycles. The summed E-state index contributed by atoms with van der Waals surface area (Å²) in [5.74, 6) is -0.656. The van der Waals surface area contributed by atoms with Gasteiger partial charge in [0, 0.05) is 24.8 Å². The van der Waals surface area contributed by atoms with Crippen molar-refractivity contribution in [3.05, 3.63) is 29.6 Å².